The molecule has 0 radical (unpaired) electrons. The molecule has 1 rings (SSSR count). The van der Waals surface area contributed by atoms with Crippen molar-refractivity contribution in [1.82, 2.24) is 9.88 Å². The van der Waals surface area contributed by atoms with Crippen LogP contribution in [0.15, 0.2) is 22.9 Å². The number of hydrogen-bond donors (Lipinski definition) is 0. The Hall–Kier alpha value is -1.47. The molecule has 1 heterocycles. The number of ether oxygens (including phenoxy) is 2. The quantitative estimate of drug-likeness (QED) is 0.553. The second-order valence-electron chi connectivity index (χ2n) is 3.89. The molecule has 0 bridgehead atoms. The fourth-order valence-corrected chi connectivity index (χ4v) is 1.90. The summed E-state index contributed by atoms with van der Waals surface area (Å²) >= 11 is 3.21. The Balaban J connectivity index is 2.80. The van der Waals surface area contributed by atoms with Crippen LogP contribution in [0.5, 0.6) is 0 Å². The zero-order valence-corrected chi connectivity index (χ0v) is 13.1. The van der Waals surface area contributed by atoms with Crippen molar-refractivity contribution in [1.29, 1.82) is 0 Å². The maximum atomic E-state index is 12.4. The monoisotopic (exact) mass is 344 g/mol. The van der Waals surface area contributed by atoms with Gasteiger partial charge < -0.3 is 14.4 Å². The number of methoxy groups -OCH3 is 1. The zero-order valence-electron chi connectivity index (χ0n) is 11.5. The van der Waals surface area contributed by atoms with Crippen LogP contribution in [0, 0.1) is 0 Å². The van der Waals surface area contributed by atoms with Crippen LogP contribution in [0.25, 0.3) is 0 Å². The van der Waals surface area contributed by atoms with E-state index in [1.54, 1.807) is 19.1 Å². The molecular weight excluding hydrogens is 328 g/mol. The topological polar surface area (TPSA) is 68.7 Å². The summed E-state index contributed by atoms with van der Waals surface area (Å²) in [7, 11) is 1.54. The first-order valence-electron chi connectivity index (χ1n) is 6.13. The number of halogens is 1. The third-order valence-electron chi connectivity index (χ3n) is 2.45. The molecule has 0 aliphatic rings. The Labute approximate surface area is 126 Å². The van der Waals surface area contributed by atoms with Crippen molar-refractivity contribution in [2.45, 2.75) is 6.92 Å². The molecular formula is C13H17BrN2O4. The van der Waals surface area contributed by atoms with Gasteiger partial charge in [-0.05, 0) is 35.0 Å². The van der Waals surface area contributed by atoms with Crippen molar-refractivity contribution in [3.8, 4) is 0 Å². The molecule has 7 heteroatoms. The maximum Gasteiger partial charge on any atom is 0.325 e. The average Bonchev–Trinajstić information content (AvgIpc) is 2.43. The van der Waals surface area contributed by atoms with Crippen molar-refractivity contribution in [3.63, 3.8) is 0 Å². The van der Waals surface area contributed by atoms with E-state index in [0.717, 1.165) is 0 Å². The van der Waals surface area contributed by atoms with E-state index in [4.69, 9.17) is 9.47 Å². The van der Waals surface area contributed by atoms with Gasteiger partial charge in [-0.2, -0.15) is 0 Å². The van der Waals surface area contributed by atoms with Gasteiger partial charge in [0.1, 0.15) is 11.1 Å². The molecule has 1 aromatic rings. The van der Waals surface area contributed by atoms with E-state index in [1.807, 2.05) is 0 Å². The van der Waals surface area contributed by atoms with Crippen LogP contribution in [0.1, 0.15) is 17.3 Å². The predicted octanol–water partition coefficient (Wildman–Crippen LogP) is 1.50. The molecule has 0 fully saturated rings. The second kappa shape index (κ2) is 8.65. The van der Waals surface area contributed by atoms with Gasteiger partial charge in [-0.15, -0.1) is 0 Å². The highest BCUT2D eigenvalue weighted by molar-refractivity contribution is 9.10. The number of hydrogen-bond acceptors (Lipinski definition) is 5. The average molecular weight is 345 g/mol. The second-order valence-corrected chi connectivity index (χ2v) is 4.70. The molecule has 0 N–H and O–H groups in total. The number of amides is 1. The minimum Gasteiger partial charge on any atom is -0.465 e. The van der Waals surface area contributed by atoms with Gasteiger partial charge in [-0.3, -0.25) is 9.59 Å². The summed E-state index contributed by atoms with van der Waals surface area (Å²) in [6.07, 6.45) is 1.52. The van der Waals surface area contributed by atoms with Crippen LogP contribution in [0.3, 0.4) is 0 Å². The van der Waals surface area contributed by atoms with Crippen molar-refractivity contribution >= 4 is 27.8 Å². The van der Waals surface area contributed by atoms with Gasteiger partial charge in [0, 0.05) is 25.4 Å². The molecule has 0 saturated carbocycles. The number of aromatic nitrogens is 1. The van der Waals surface area contributed by atoms with E-state index < -0.39 is 5.97 Å². The van der Waals surface area contributed by atoms with E-state index in [1.165, 1.54) is 18.2 Å². The summed E-state index contributed by atoms with van der Waals surface area (Å²) in [6, 6.07) is 3.20. The van der Waals surface area contributed by atoms with Crippen molar-refractivity contribution in [2.75, 3.05) is 33.4 Å². The molecule has 1 aromatic heterocycles. The number of pyridine rings is 1. The molecule has 1 amide bonds. The molecule has 0 saturated heterocycles. The Kier molecular flexibility index (Phi) is 7.17. The SMILES string of the molecule is CCOC(=O)CN(CCOC)C(=O)c1ccnc(Br)c1. The van der Waals surface area contributed by atoms with Crippen LogP contribution in [0.2, 0.25) is 0 Å². The number of rotatable bonds is 7. The van der Waals surface area contributed by atoms with Crippen LogP contribution in [-0.2, 0) is 14.3 Å². The fourth-order valence-electron chi connectivity index (χ4n) is 1.53. The third-order valence-corrected chi connectivity index (χ3v) is 2.89. The largest absolute Gasteiger partial charge is 0.465 e. The van der Waals surface area contributed by atoms with Crippen LogP contribution in [-0.4, -0.2) is 55.2 Å². The molecule has 0 atom stereocenters. The molecule has 20 heavy (non-hydrogen) atoms. The van der Waals surface area contributed by atoms with Crippen LogP contribution >= 0.6 is 15.9 Å². The summed E-state index contributed by atoms with van der Waals surface area (Å²) < 4.78 is 10.4. The Morgan fingerprint density at radius 1 is 1.45 bits per heavy atom. The molecule has 0 unspecified atom stereocenters. The van der Waals surface area contributed by atoms with Crippen LogP contribution in [0.4, 0.5) is 0 Å². The highest BCUT2D eigenvalue weighted by Crippen LogP contribution is 2.11. The van der Waals surface area contributed by atoms with Gasteiger partial charge in [-0.25, -0.2) is 4.98 Å². The van der Waals surface area contributed by atoms with E-state index in [2.05, 4.69) is 20.9 Å². The normalized spacial score (nSPS) is 10.2. The van der Waals surface area contributed by atoms with Gasteiger partial charge in [0.05, 0.1) is 13.2 Å². The fraction of sp³-hybridized carbons (Fsp3) is 0.462. The Morgan fingerprint density at radius 3 is 2.80 bits per heavy atom. The van der Waals surface area contributed by atoms with Gasteiger partial charge in [0.15, 0.2) is 0 Å². The highest BCUT2D eigenvalue weighted by Gasteiger charge is 2.19. The lowest BCUT2D eigenvalue weighted by Gasteiger charge is -2.21. The maximum absolute atomic E-state index is 12.4. The van der Waals surface area contributed by atoms with Gasteiger partial charge >= 0.3 is 5.97 Å². The summed E-state index contributed by atoms with van der Waals surface area (Å²) in [6.45, 7) is 2.56. The number of carbonyl (C=O) groups excluding carboxylic acids is 2. The predicted molar refractivity (Wildman–Crippen MR) is 76.3 cm³/mol. The molecule has 0 aliphatic carbocycles. The summed E-state index contributed by atoms with van der Waals surface area (Å²) in [5.41, 5.74) is 0.451. The van der Waals surface area contributed by atoms with Crippen LogP contribution < -0.4 is 0 Å². The number of esters is 1. The molecule has 0 spiro atoms. The van der Waals surface area contributed by atoms with Gasteiger partial charge in [0.2, 0.25) is 0 Å². The third kappa shape index (κ3) is 5.26. The molecule has 110 valence electrons. The molecule has 0 aliphatic heterocycles. The first kappa shape index (κ1) is 16.6. The van der Waals surface area contributed by atoms with Crippen molar-refractivity contribution in [2.24, 2.45) is 0 Å². The highest BCUT2D eigenvalue weighted by atomic mass is 79.9. The Bertz CT molecular complexity index is 467. The number of carbonyl (C=O) groups is 2. The number of nitrogens with zero attached hydrogens (tertiary/aromatic N) is 2. The standard InChI is InChI=1S/C13H17BrN2O4/c1-3-20-12(17)9-16(6-7-19-2)13(18)10-4-5-15-11(14)8-10/h4-5,8H,3,6-7,9H2,1-2H3. The van der Waals surface area contributed by atoms with Gasteiger partial charge in [0.25, 0.3) is 5.91 Å². The van der Waals surface area contributed by atoms with E-state index in [0.29, 0.717) is 23.3 Å². The molecule has 6 nitrogen and oxygen atoms in total. The first-order chi connectivity index (χ1) is 9.58. The van der Waals surface area contributed by atoms with Gasteiger partial charge in [-0.1, -0.05) is 0 Å². The lowest BCUT2D eigenvalue weighted by atomic mass is 10.2. The summed E-state index contributed by atoms with van der Waals surface area (Å²) in [5, 5.41) is 0. The lowest BCUT2D eigenvalue weighted by molar-refractivity contribution is -0.143. The smallest absolute Gasteiger partial charge is 0.325 e. The first-order valence-corrected chi connectivity index (χ1v) is 6.93. The summed E-state index contributed by atoms with van der Waals surface area (Å²) in [5.74, 6) is -0.705. The van der Waals surface area contributed by atoms with Crippen molar-refractivity contribution in [3.05, 3.63) is 28.5 Å². The minimum absolute atomic E-state index is 0.101. The van der Waals surface area contributed by atoms with E-state index >= 15 is 0 Å². The zero-order chi connectivity index (χ0) is 15.0. The lowest BCUT2D eigenvalue weighted by Crippen LogP contribution is -2.38. The minimum atomic E-state index is -0.440. The van der Waals surface area contributed by atoms with Crippen molar-refractivity contribution < 1.29 is 19.1 Å². The Morgan fingerprint density at radius 2 is 2.20 bits per heavy atom. The van der Waals surface area contributed by atoms with E-state index in [-0.39, 0.29) is 19.1 Å². The van der Waals surface area contributed by atoms with E-state index in [9.17, 15) is 9.59 Å². The summed E-state index contributed by atoms with van der Waals surface area (Å²) in [4.78, 5) is 29.3. The molecule has 0 aromatic carbocycles.